The molecule has 2 heterocycles. The normalized spacial score (nSPS) is 24.4. The SMILES string of the molecule is C=C1[C@H](COCc2ccccc2)CC[C@@H]1n1cnc2c1NC(N)=NC2OC. The lowest BCUT2D eigenvalue weighted by Gasteiger charge is -2.23. The summed E-state index contributed by atoms with van der Waals surface area (Å²) < 4.78 is 13.4. The summed E-state index contributed by atoms with van der Waals surface area (Å²) in [6.07, 6.45) is 3.39. The molecule has 1 fully saturated rings. The lowest BCUT2D eigenvalue weighted by molar-refractivity contribution is 0.0980. The zero-order valence-corrected chi connectivity index (χ0v) is 15.5. The Bertz CT molecular complexity index is 845. The van der Waals surface area contributed by atoms with Crippen LogP contribution in [0.2, 0.25) is 0 Å². The first-order valence-electron chi connectivity index (χ1n) is 9.17. The average Bonchev–Trinajstić information content (AvgIpc) is 3.25. The molecule has 0 bridgehead atoms. The first-order valence-corrected chi connectivity index (χ1v) is 9.17. The number of hydrogen-bond acceptors (Lipinski definition) is 6. The van der Waals surface area contributed by atoms with Gasteiger partial charge in [0, 0.05) is 13.0 Å². The van der Waals surface area contributed by atoms with Crippen LogP contribution in [0.4, 0.5) is 5.82 Å². The van der Waals surface area contributed by atoms with Gasteiger partial charge in [-0.1, -0.05) is 36.9 Å². The Morgan fingerprint density at radius 2 is 2.11 bits per heavy atom. The Balaban J connectivity index is 1.42. The largest absolute Gasteiger partial charge is 0.376 e. The maximum absolute atomic E-state index is 5.94. The molecule has 142 valence electrons. The number of fused-ring (bicyclic) bond motifs is 1. The maximum atomic E-state index is 5.94. The van der Waals surface area contributed by atoms with Crippen LogP contribution in [0.1, 0.15) is 36.4 Å². The molecule has 1 aromatic heterocycles. The summed E-state index contributed by atoms with van der Waals surface area (Å²) in [6.45, 7) is 5.66. The zero-order valence-electron chi connectivity index (χ0n) is 15.5. The fourth-order valence-electron chi connectivity index (χ4n) is 3.83. The van der Waals surface area contributed by atoms with Gasteiger partial charge in [-0.25, -0.2) is 9.98 Å². The van der Waals surface area contributed by atoms with Crippen molar-refractivity contribution < 1.29 is 9.47 Å². The molecule has 7 heteroatoms. The first-order chi connectivity index (χ1) is 13.2. The second-order valence-electron chi connectivity index (χ2n) is 6.98. The van der Waals surface area contributed by atoms with E-state index in [0.29, 0.717) is 25.1 Å². The maximum Gasteiger partial charge on any atom is 0.198 e. The Kier molecular flexibility index (Phi) is 4.96. The fourth-order valence-corrected chi connectivity index (χ4v) is 3.83. The highest BCUT2D eigenvalue weighted by Crippen LogP contribution is 2.42. The predicted molar refractivity (Wildman–Crippen MR) is 104 cm³/mol. The van der Waals surface area contributed by atoms with Crippen molar-refractivity contribution in [2.75, 3.05) is 19.0 Å². The Hall–Kier alpha value is -2.64. The minimum atomic E-state index is -0.470. The van der Waals surface area contributed by atoms with Gasteiger partial charge in [0.15, 0.2) is 12.2 Å². The number of benzene rings is 1. The van der Waals surface area contributed by atoms with Gasteiger partial charge in [0.05, 0.1) is 25.6 Å². The zero-order chi connectivity index (χ0) is 18.8. The Morgan fingerprint density at radius 1 is 1.30 bits per heavy atom. The molecule has 7 nitrogen and oxygen atoms in total. The number of guanidine groups is 1. The number of aliphatic imine (C=N–C) groups is 1. The predicted octanol–water partition coefficient (Wildman–Crippen LogP) is 2.99. The van der Waals surface area contributed by atoms with Crippen LogP contribution in [0.25, 0.3) is 0 Å². The fraction of sp³-hybridized carbons (Fsp3) is 0.400. The van der Waals surface area contributed by atoms with E-state index < -0.39 is 6.23 Å². The van der Waals surface area contributed by atoms with Crippen LogP contribution < -0.4 is 11.1 Å². The summed E-state index contributed by atoms with van der Waals surface area (Å²) in [5.41, 5.74) is 9.01. The van der Waals surface area contributed by atoms with Crippen molar-refractivity contribution >= 4 is 11.8 Å². The molecular weight excluding hydrogens is 342 g/mol. The Labute approximate surface area is 158 Å². The van der Waals surface area contributed by atoms with E-state index in [-0.39, 0.29) is 6.04 Å². The molecule has 27 heavy (non-hydrogen) atoms. The molecule has 1 unspecified atom stereocenters. The van der Waals surface area contributed by atoms with Gasteiger partial charge in [0.2, 0.25) is 0 Å². The summed E-state index contributed by atoms with van der Waals surface area (Å²) in [4.78, 5) is 8.72. The molecule has 0 amide bonds. The van der Waals surface area contributed by atoms with E-state index in [1.807, 2.05) is 24.5 Å². The quantitative estimate of drug-likeness (QED) is 0.767. The second-order valence-corrected chi connectivity index (χ2v) is 6.98. The van der Waals surface area contributed by atoms with E-state index in [0.717, 1.165) is 24.4 Å². The number of imidazole rings is 1. The highest BCUT2D eigenvalue weighted by Gasteiger charge is 2.34. The molecule has 3 N–H and O–H groups in total. The summed E-state index contributed by atoms with van der Waals surface area (Å²) in [5.74, 6) is 1.51. The lowest BCUT2D eigenvalue weighted by atomic mass is 10.0. The van der Waals surface area contributed by atoms with Gasteiger partial charge in [-0.2, -0.15) is 0 Å². The van der Waals surface area contributed by atoms with Crippen LogP contribution >= 0.6 is 0 Å². The van der Waals surface area contributed by atoms with Crippen molar-refractivity contribution in [1.29, 1.82) is 0 Å². The van der Waals surface area contributed by atoms with Crippen LogP contribution in [0.5, 0.6) is 0 Å². The highest BCUT2D eigenvalue weighted by molar-refractivity contribution is 5.93. The molecule has 0 saturated heterocycles. The van der Waals surface area contributed by atoms with E-state index in [2.05, 4.69) is 38.6 Å². The van der Waals surface area contributed by atoms with Crippen molar-refractivity contribution in [3.63, 3.8) is 0 Å². The molecule has 3 atom stereocenters. The summed E-state index contributed by atoms with van der Waals surface area (Å²) in [6, 6.07) is 10.4. The minimum absolute atomic E-state index is 0.169. The molecule has 0 spiro atoms. The molecule has 1 aromatic carbocycles. The van der Waals surface area contributed by atoms with Crippen LogP contribution in [0.15, 0.2) is 53.8 Å². The minimum Gasteiger partial charge on any atom is -0.376 e. The Morgan fingerprint density at radius 3 is 2.89 bits per heavy atom. The second kappa shape index (κ2) is 7.54. The number of nitrogens with one attached hydrogen (secondary N) is 1. The van der Waals surface area contributed by atoms with Gasteiger partial charge in [0.1, 0.15) is 11.5 Å². The van der Waals surface area contributed by atoms with Gasteiger partial charge >= 0.3 is 0 Å². The van der Waals surface area contributed by atoms with Crippen molar-refractivity contribution in [3.8, 4) is 0 Å². The van der Waals surface area contributed by atoms with E-state index in [4.69, 9.17) is 15.2 Å². The summed E-state index contributed by atoms with van der Waals surface area (Å²) in [7, 11) is 1.60. The number of anilines is 1. The number of methoxy groups -OCH3 is 1. The van der Waals surface area contributed by atoms with Crippen LogP contribution in [0, 0.1) is 5.92 Å². The molecule has 0 radical (unpaired) electrons. The van der Waals surface area contributed by atoms with Crippen molar-refractivity contribution in [1.82, 2.24) is 9.55 Å². The number of nitrogens with zero attached hydrogens (tertiary/aromatic N) is 3. The summed E-state index contributed by atoms with van der Waals surface area (Å²) in [5, 5.41) is 3.13. The van der Waals surface area contributed by atoms with Gasteiger partial charge in [-0.15, -0.1) is 0 Å². The number of aromatic nitrogens is 2. The monoisotopic (exact) mass is 367 g/mol. The van der Waals surface area contributed by atoms with E-state index in [1.54, 1.807) is 7.11 Å². The third-order valence-corrected chi connectivity index (χ3v) is 5.29. The first kappa shape index (κ1) is 17.8. The van der Waals surface area contributed by atoms with E-state index in [9.17, 15) is 0 Å². The van der Waals surface area contributed by atoms with Crippen molar-refractivity contribution in [2.45, 2.75) is 31.7 Å². The molecule has 2 aromatic rings. The molecular formula is C20H25N5O2. The van der Waals surface area contributed by atoms with E-state index >= 15 is 0 Å². The van der Waals surface area contributed by atoms with Gasteiger partial charge < -0.3 is 25.1 Å². The standard InChI is InChI=1S/C20H25N5O2/c1-13-15(11-27-10-14-6-4-3-5-7-14)8-9-16(13)25-12-22-17-18(25)23-20(21)24-19(17)26-2/h3-7,12,15-16,19H,1,8-11H2,2H3,(H3,21,23,24)/t15-,16-,19?/m0/s1. The number of rotatable bonds is 6. The number of hydrogen-bond donors (Lipinski definition) is 2. The van der Waals surface area contributed by atoms with Crippen LogP contribution in [-0.2, 0) is 16.1 Å². The molecule has 2 aliphatic rings. The van der Waals surface area contributed by atoms with Crippen LogP contribution in [0.3, 0.4) is 0 Å². The van der Waals surface area contributed by atoms with Gasteiger partial charge in [-0.3, -0.25) is 0 Å². The third kappa shape index (κ3) is 3.48. The average molecular weight is 367 g/mol. The number of nitrogens with two attached hydrogens (primary N) is 1. The van der Waals surface area contributed by atoms with Gasteiger partial charge in [-0.05, 0) is 24.0 Å². The molecule has 1 saturated carbocycles. The highest BCUT2D eigenvalue weighted by atomic mass is 16.5. The van der Waals surface area contributed by atoms with Crippen molar-refractivity contribution in [3.05, 3.63) is 60.1 Å². The molecule has 1 aliphatic carbocycles. The topological polar surface area (TPSA) is 86.7 Å². The molecule has 4 rings (SSSR count). The summed E-state index contributed by atoms with van der Waals surface area (Å²) >= 11 is 0. The third-order valence-electron chi connectivity index (χ3n) is 5.29. The number of ether oxygens (including phenoxy) is 2. The van der Waals surface area contributed by atoms with Gasteiger partial charge in [0.25, 0.3) is 0 Å². The van der Waals surface area contributed by atoms with Crippen LogP contribution in [-0.4, -0.2) is 29.2 Å². The lowest BCUT2D eigenvalue weighted by Crippen LogP contribution is -2.30. The molecule has 1 aliphatic heterocycles. The smallest absolute Gasteiger partial charge is 0.198 e. The van der Waals surface area contributed by atoms with Crippen molar-refractivity contribution in [2.24, 2.45) is 16.6 Å². The van der Waals surface area contributed by atoms with E-state index in [1.165, 1.54) is 11.1 Å².